The van der Waals surface area contributed by atoms with E-state index in [-0.39, 0.29) is 12.3 Å². The van der Waals surface area contributed by atoms with Crippen molar-refractivity contribution in [3.63, 3.8) is 0 Å². The van der Waals surface area contributed by atoms with Crippen molar-refractivity contribution in [2.45, 2.75) is 6.42 Å². The Labute approximate surface area is 180 Å². The van der Waals surface area contributed by atoms with Crippen LogP contribution in [0.1, 0.15) is 5.56 Å². The van der Waals surface area contributed by atoms with Crippen molar-refractivity contribution in [2.75, 3.05) is 41.8 Å². The first-order chi connectivity index (χ1) is 14.7. The summed E-state index contributed by atoms with van der Waals surface area (Å²) >= 11 is 6.12. The van der Waals surface area contributed by atoms with Crippen LogP contribution >= 0.6 is 11.6 Å². The number of anilines is 4. The molecule has 0 saturated carbocycles. The van der Waals surface area contributed by atoms with Crippen LogP contribution in [0, 0.1) is 0 Å². The van der Waals surface area contributed by atoms with E-state index < -0.39 is 0 Å². The Balaban J connectivity index is 1.36. The third-order valence-corrected chi connectivity index (χ3v) is 5.13. The molecule has 1 amide bonds. The van der Waals surface area contributed by atoms with Gasteiger partial charge in [-0.1, -0.05) is 29.8 Å². The van der Waals surface area contributed by atoms with Gasteiger partial charge in [0.2, 0.25) is 5.91 Å². The summed E-state index contributed by atoms with van der Waals surface area (Å²) in [5.41, 5.74) is 3.38. The topological polar surface area (TPSA) is 79.4 Å². The van der Waals surface area contributed by atoms with Gasteiger partial charge in [0.15, 0.2) is 5.82 Å². The number of nitrogens with one attached hydrogen (secondary N) is 2. The molecule has 2 aromatic carbocycles. The van der Waals surface area contributed by atoms with Crippen LogP contribution in [0.4, 0.5) is 22.9 Å². The number of hydrogen-bond acceptors (Lipinski definition) is 6. The molecule has 1 aliphatic rings. The van der Waals surface area contributed by atoms with Crippen LogP contribution in [0.3, 0.4) is 0 Å². The summed E-state index contributed by atoms with van der Waals surface area (Å²) in [6.45, 7) is 3.12. The number of halogens is 1. The maximum atomic E-state index is 12.3. The minimum atomic E-state index is -0.118. The number of carbonyl (C=O) groups is 1. The first-order valence-electron chi connectivity index (χ1n) is 9.73. The van der Waals surface area contributed by atoms with Crippen molar-refractivity contribution in [1.29, 1.82) is 0 Å². The number of amides is 1. The molecular formula is C22H22ClN5O2. The third kappa shape index (κ3) is 5.25. The van der Waals surface area contributed by atoms with Gasteiger partial charge < -0.3 is 20.3 Å². The Hall–Kier alpha value is -3.16. The predicted octanol–water partition coefficient (Wildman–Crippen LogP) is 3.89. The zero-order valence-corrected chi connectivity index (χ0v) is 17.1. The third-order valence-electron chi connectivity index (χ3n) is 4.77. The molecule has 1 fully saturated rings. The highest BCUT2D eigenvalue weighted by atomic mass is 35.5. The lowest BCUT2D eigenvalue weighted by atomic mass is 10.1. The average Bonchev–Trinajstić information content (AvgIpc) is 2.78. The number of carbonyl (C=O) groups excluding carboxylic acids is 1. The molecule has 3 aromatic rings. The van der Waals surface area contributed by atoms with Crippen LogP contribution in [-0.4, -0.2) is 42.4 Å². The molecule has 0 unspecified atom stereocenters. The zero-order valence-electron chi connectivity index (χ0n) is 16.3. The summed E-state index contributed by atoms with van der Waals surface area (Å²) in [7, 11) is 0. The standard InChI is InChI=1S/C22H22ClN5O2/c23-20-4-2-1-3-16(20)13-22(29)26-18-7-5-17(6-8-18)25-21-14-19(15-24-27-21)28-9-11-30-12-10-28/h1-8,14-15H,9-13H2,(H,25,27)(H,26,29). The molecule has 0 atom stereocenters. The molecule has 154 valence electrons. The molecule has 4 rings (SSSR count). The van der Waals surface area contributed by atoms with Crippen molar-refractivity contribution >= 4 is 40.4 Å². The van der Waals surface area contributed by atoms with Gasteiger partial charge in [-0.3, -0.25) is 4.79 Å². The molecule has 8 heteroatoms. The molecule has 2 heterocycles. The van der Waals surface area contributed by atoms with Crippen LogP contribution < -0.4 is 15.5 Å². The number of nitrogens with zero attached hydrogens (tertiary/aromatic N) is 3. The first-order valence-corrected chi connectivity index (χ1v) is 10.1. The van der Waals surface area contributed by atoms with Gasteiger partial charge in [0.25, 0.3) is 0 Å². The normalized spacial score (nSPS) is 13.7. The molecule has 0 radical (unpaired) electrons. The predicted molar refractivity (Wildman–Crippen MR) is 119 cm³/mol. The SMILES string of the molecule is O=C(Cc1ccccc1Cl)Nc1ccc(Nc2cc(N3CCOCC3)cnn2)cc1. The lowest BCUT2D eigenvalue weighted by Gasteiger charge is -2.28. The van der Waals surface area contributed by atoms with E-state index >= 15 is 0 Å². The van der Waals surface area contributed by atoms with E-state index in [4.69, 9.17) is 16.3 Å². The van der Waals surface area contributed by atoms with Gasteiger partial charge >= 0.3 is 0 Å². The fraction of sp³-hybridized carbons (Fsp3) is 0.227. The average molecular weight is 424 g/mol. The van der Waals surface area contributed by atoms with E-state index in [2.05, 4.69) is 25.7 Å². The lowest BCUT2D eigenvalue weighted by molar-refractivity contribution is -0.115. The summed E-state index contributed by atoms with van der Waals surface area (Å²) < 4.78 is 5.39. The molecule has 0 bridgehead atoms. The Bertz CT molecular complexity index is 1010. The molecule has 1 saturated heterocycles. The van der Waals surface area contributed by atoms with Gasteiger partial charge in [0.1, 0.15) is 0 Å². The maximum Gasteiger partial charge on any atom is 0.228 e. The van der Waals surface area contributed by atoms with Gasteiger partial charge in [-0.05, 0) is 35.9 Å². The van der Waals surface area contributed by atoms with Crippen molar-refractivity contribution in [1.82, 2.24) is 10.2 Å². The monoisotopic (exact) mass is 423 g/mol. The molecular weight excluding hydrogens is 402 g/mol. The van der Waals surface area contributed by atoms with Crippen molar-refractivity contribution < 1.29 is 9.53 Å². The van der Waals surface area contributed by atoms with Gasteiger partial charge in [0.05, 0.1) is 31.5 Å². The molecule has 2 N–H and O–H groups in total. The largest absolute Gasteiger partial charge is 0.378 e. The first kappa shape index (κ1) is 20.1. The van der Waals surface area contributed by atoms with Crippen LogP contribution in [0.25, 0.3) is 0 Å². The minimum absolute atomic E-state index is 0.118. The van der Waals surface area contributed by atoms with Gasteiger partial charge in [0, 0.05) is 35.6 Å². The second-order valence-electron chi connectivity index (χ2n) is 6.92. The quantitative estimate of drug-likeness (QED) is 0.626. The van der Waals surface area contributed by atoms with Gasteiger partial charge in [-0.25, -0.2) is 0 Å². The molecule has 1 aromatic heterocycles. The highest BCUT2D eigenvalue weighted by Gasteiger charge is 2.12. The molecule has 7 nitrogen and oxygen atoms in total. The number of aromatic nitrogens is 2. The smallest absolute Gasteiger partial charge is 0.228 e. The Morgan fingerprint density at radius 2 is 1.80 bits per heavy atom. The second kappa shape index (κ2) is 9.56. The number of morpholine rings is 1. The summed E-state index contributed by atoms with van der Waals surface area (Å²) in [4.78, 5) is 14.5. The molecule has 0 spiro atoms. The summed E-state index contributed by atoms with van der Waals surface area (Å²) in [5.74, 6) is 0.544. The number of hydrogen-bond donors (Lipinski definition) is 2. The van der Waals surface area contributed by atoms with Gasteiger partial charge in [-0.15, -0.1) is 5.10 Å². The van der Waals surface area contributed by atoms with Crippen LogP contribution in [0.15, 0.2) is 60.8 Å². The highest BCUT2D eigenvalue weighted by molar-refractivity contribution is 6.31. The van der Waals surface area contributed by atoms with Crippen LogP contribution in [0.2, 0.25) is 5.02 Å². The van der Waals surface area contributed by atoms with E-state index in [9.17, 15) is 4.79 Å². The van der Waals surface area contributed by atoms with Crippen LogP contribution in [0.5, 0.6) is 0 Å². The fourth-order valence-electron chi connectivity index (χ4n) is 3.22. The molecule has 30 heavy (non-hydrogen) atoms. The summed E-state index contributed by atoms with van der Waals surface area (Å²) in [5, 5.41) is 15.0. The van der Waals surface area contributed by atoms with Gasteiger partial charge in [-0.2, -0.15) is 5.10 Å². The Morgan fingerprint density at radius 3 is 2.57 bits per heavy atom. The highest BCUT2D eigenvalue weighted by Crippen LogP contribution is 2.22. The Morgan fingerprint density at radius 1 is 1.07 bits per heavy atom. The number of rotatable bonds is 6. The summed E-state index contributed by atoms with van der Waals surface area (Å²) in [6, 6.07) is 16.8. The van der Waals surface area contributed by atoms with E-state index in [0.29, 0.717) is 16.5 Å². The van der Waals surface area contributed by atoms with Crippen molar-refractivity contribution in [3.8, 4) is 0 Å². The number of ether oxygens (including phenoxy) is 1. The van der Waals surface area contributed by atoms with Crippen molar-refractivity contribution in [3.05, 3.63) is 71.4 Å². The zero-order chi connectivity index (χ0) is 20.8. The second-order valence-corrected chi connectivity index (χ2v) is 7.32. The Kier molecular flexibility index (Phi) is 6.41. The maximum absolute atomic E-state index is 12.3. The minimum Gasteiger partial charge on any atom is -0.378 e. The summed E-state index contributed by atoms with van der Waals surface area (Å²) in [6.07, 6.45) is 1.98. The van der Waals surface area contributed by atoms with E-state index in [1.54, 1.807) is 12.3 Å². The molecule has 0 aliphatic carbocycles. The van der Waals surface area contributed by atoms with Crippen LogP contribution in [-0.2, 0) is 16.0 Å². The lowest BCUT2D eigenvalue weighted by Crippen LogP contribution is -2.36. The van der Waals surface area contributed by atoms with E-state index in [0.717, 1.165) is 43.2 Å². The van der Waals surface area contributed by atoms with E-state index in [1.807, 2.05) is 48.5 Å². The van der Waals surface area contributed by atoms with Crippen molar-refractivity contribution in [2.24, 2.45) is 0 Å². The fourth-order valence-corrected chi connectivity index (χ4v) is 3.42. The number of benzene rings is 2. The molecule has 1 aliphatic heterocycles. The van der Waals surface area contributed by atoms with E-state index in [1.165, 1.54) is 0 Å².